The molecule has 0 saturated carbocycles. The number of rotatable bonds is 5. The summed E-state index contributed by atoms with van der Waals surface area (Å²) in [6, 6.07) is 15.9. The number of nitrogens with one attached hydrogen (secondary N) is 1. The van der Waals surface area contributed by atoms with E-state index >= 15 is 0 Å². The lowest BCUT2D eigenvalue weighted by Crippen LogP contribution is -2.32. The number of halogens is 1. The number of sulfonamides is 1. The average molecular weight is 400 g/mol. The fourth-order valence-corrected chi connectivity index (χ4v) is 5.04. The van der Waals surface area contributed by atoms with Crippen LogP contribution in [0, 0.1) is 5.82 Å². The van der Waals surface area contributed by atoms with Gasteiger partial charge in [-0.2, -0.15) is 4.31 Å². The topological polar surface area (TPSA) is 67.2 Å². The Morgan fingerprint density at radius 2 is 1.79 bits per heavy atom. The lowest BCUT2D eigenvalue weighted by atomic mass is 9.94. The van der Waals surface area contributed by atoms with Crippen LogP contribution in [-0.4, -0.2) is 41.4 Å². The summed E-state index contributed by atoms with van der Waals surface area (Å²) in [5.74, 6) is -0.473. The maximum atomic E-state index is 14.2. The standard InChI is InChI=1S/C20H21FN4O2S/c1-24-13-20(22-14-24)28(26,27)25-11-16(15-7-3-2-4-8-15)19(12-25)23-18-10-6-5-9-17(18)21/h2-10,13-14,16,19,23H,11-12H2,1H3/t16-,19+/m0/s1. The highest BCUT2D eigenvalue weighted by Gasteiger charge is 2.41. The molecule has 1 aliphatic heterocycles. The van der Waals surface area contributed by atoms with Gasteiger partial charge in [-0.05, 0) is 17.7 Å². The van der Waals surface area contributed by atoms with Crippen LogP contribution in [0.2, 0.25) is 0 Å². The first-order valence-corrected chi connectivity index (χ1v) is 10.4. The van der Waals surface area contributed by atoms with Gasteiger partial charge in [-0.3, -0.25) is 0 Å². The Balaban J connectivity index is 1.66. The fourth-order valence-electron chi connectivity index (χ4n) is 3.58. The molecular weight excluding hydrogens is 379 g/mol. The zero-order valence-electron chi connectivity index (χ0n) is 15.4. The molecule has 0 amide bonds. The van der Waals surface area contributed by atoms with Gasteiger partial charge in [-0.1, -0.05) is 42.5 Å². The maximum Gasteiger partial charge on any atom is 0.262 e. The molecule has 3 aromatic rings. The van der Waals surface area contributed by atoms with Crippen LogP contribution in [0.4, 0.5) is 10.1 Å². The van der Waals surface area contributed by atoms with Gasteiger partial charge in [0.25, 0.3) is 10.0 Å². The normalized spacial score (nSPS) is 20.4. The van der Waals surface area contributed by atoms with Gasteiger partial charge in [0.1, 0.15) is 5.82 Å². The number of benzene rings is 2. The predicted molar refractivity (Wildman–Crippen MR) is 105 cm³/mol. The van der Waals surface area contributed by atoms with Crippen LogP contribution >= 0.6 is 0 Å². The van der Waals surface area contributed by atoms with E-state index in [0.717, 1.165) is 5.56 Å². The molecule has 0 bridgehead atoms. The molecule has 1 aromatic heterocycles. The van der Waals surface area contributed by atoms with Gasteiger partial charge in [0, 0.05) is 38.3 Å². The van der Waals surface area contributed by atoms with E-state index in [-0.39, 0.29) is 29.3 Å². The van der Waals surface area contributed by atoms with Crippen LogP contribution < -0.4 is 5.32 Å². The number of aryl methyl sites for hydroxylation is 1. The molecular formula is C20H21FN4O2S. The summed E-state index contributed by atoms with van der Waals surface area (Å²) in [6.45, 7) is 0.530. The van der Waals surface area contributed by atoms with Crippen molar-refractivity contribution in [2.75, 3.05) is 18.4 Å². The highest BCUT2D eigenvalue weighted by Crippen LogP contribution is 2.33. The molecule has 0 aliphatic carbocycles. The van der Waals surface area contributed by atoms with E-state index in [1.54, 1.807) is 29.8 Å². The Kier molecular flexibility index (Phi) is 4.91. The van der Waals surface area contributed by atoms with Gasteiger partial charge >= 0.3 is 0 Å². The number of imidazole rings is 1. The number of nitrogens with zero attached hydrogens (tertiary/aromatic N) is 3. The van der Waals surface area contributed by atoms with Gasteiger partial charge in [-0.15, -0.1) is 0 Å². The molecule has 2 aromatic carbocycles. The second-order valence-corrected chi connectivity index (χ2v) is 8.83. The quantitative estimate of drug-likeness (QED) is 0.715. The first kappa shape index (κ1) is 18.6. The van der Waals surface area contributed by atoms with Crippen molar-refractivity contribution in [3.05, 3.63) is 78.5 Å². The monoisotopic (exact) mass is 400 g/mol. The third-order valence-corrected chi connectivity index (χ3v) is 6.73. The van der Waals surface area contributed by atoms with Crippen molar-refractivity contribution in [3.8, 4) is 0 Å². The van der Waals surface area contributed by atoms with Crippen LogP contribution in [0.5, 0.6) is 0 Å². The first-order valence-electron chi connectivity index (χ1n) is 8.99. The number of para-hydroxylation sites is 1. The van der Waals surface area contributed by atoms with Crippen molar-refractivity contribution in [1.29, 1.82) is 0 Å². The summed E-state index contributed by atoms with van der Waals surface area (Å²) in [6.07, 6.45) is 2.96. The lowest BCUT2D eigenvalue weighted by Gasteiger charge is -2.21. The second kappa shape index (κ2) is 7.37. The minimum Gasteiger partial charge on any atom is -0.378 e. The van der Waals surface area contributed by atoms with Gasteiger partial charge in [0.15, 0.2) is 5.03 Å². The molecule has 8 heteroatoms. The minimum atomic E-state index is -3.73. The van der Waals surface area contributed by atoms with Crippen molar-refractivity contribution in [2.45, 2.75) is 17.0 Å². The molecule has 1 fully saturated rings. The van der Waals surface area contributed by atoms with Crippen molar-refractivity contribution in [2.24, 2.45) is 7.05 Å². The summed E-state index contributed by atoms with van der Waals surface area (Å²) in [5.41, 5.74) is 1.38. The van der Waals surface area contributed by atoms with Crippen LogP contribution in [0.15, 0.2) is 72.1 Å². The smallest absolute Gasteiger partial charge is 0.262 e. The summed E-state index contributed by atoms with van der Waals surface area (Å²) in [5, 5.41) is 3.23. The summed E-state index contributed by atoms with van der Waals surface area (Å²) >= 11 is 0. The van der Waals surface area contributed by atoms with E-state index in [4.69, 9.17) is 0 Å². The summed E-state index contributed by atoms with van der Waals surface area (Å²) in [7, 11) is -2.00. The Hall–Kier alpha value is -2.71. The van der Waals surface area contributed by atoms with E-state index in [0.29, 0.717) is 12.2 Å². The predicted octanol–water partition coefficient (Wildman–Crippen LogP) is 2.83. The maximum absolute atomic E-state index is 14.2. The van der Waals surface area contributed by atoms with Crippen LogP contribution in [-0.2, 0) is 17.1 Å². The minimum absolute atomic E-state index is 0.0216. The molecule has 2 heterocycles. The molecule has 146 valence electrons. The van der Waals surface area contributed by atoms with Gasteiger partial charge in [0.2, 0.25) is 0 Å². The molecule has 0 unspecified atom stereocenters. The molecule has 1 saturated heterocycles. The number of aromatic nitrogens is 2. The van der Waals surface area contributed by atoms with Gasteiger partial charge < -0.3 is 9.88 Å². The van der Waals surface area contributed by atoms with E-state index in [1.807, 2.05) is 30.3 Å². The Morgan fingerprint density at radius 1 is 1.07 bits per heavy atom. The Labute approximate surface area is 163 Å². The van der Waals surface area contributed by atoms with Crippen LogP contribution in [0.3, 0.4) is 0 Å². The fraction of sp³-hybridized carbons (Fsp3) is 0.250. The molecule has 6 nitrogen and oxygen atoms in total. The van der Waals surface area contributed by atoms with E-state index < -0.39 is 10.0 Å². The molecule has 1 N–H and O–H groups in total. The SMILES string of the molecule is Cn1cnc(S(=O)(=O)N2C[C@@H](Nc3ccccc3F)[C@H](c3ccccc3)C2)c1. The molecule has 4 rings (SSSR count). The number of hydrogen-bond donors (Lipinski definition) is 1. The number of hydrogen-bond acceptors (Lipinski definition) is 4. The zero-order valence-corrected chi connectivity index (χ0v) is 16.2. The summed E-state index contributed by atoms with van der Waals surface area (Å²) < 4.78 is 43.3. The first-order chi connectivity index (χ1) is 13.4. The molecule has 0 radical (unpaired) electrons. The third kappa shape index (κ3) is 3.53. The van der Waals surface area contributed by atoms with E-state index in [9.17, 15) is 12.8 Å². The Morgan fingerprint density at radius 3 is 2.46 bits per heavy atom. The second-order valence-electron chi connectivity index (χ2n) is 6.95. The van der Waals surface area contributed by atoms with Gasteiger partial charge in [-0.25, -0.2) is 17.8 Å². The average Bonchev–Trinajstić information content (AvgIpc) is 3.32. The largest absolute Gasteiger partial charge is 0.378 e. The van der Waals surface area contributed by atoms with E-state index in [2.05, 4.69) is 10.3 Å². The molecule has 1 aliphatic rings. The lowest BCUT2D eigenvalue weighted by molar-refractivity contribution is 0.468. The highest BCUT2D eigenvalue weighted by atomic mass is 32.2. The zero-order chi connectivity index (χ0) is 19.7. The molecule has 0 spiro atoms. The third-order valence-electron chi connectivity index (χ3n) is 5.01. The Bertz CT molecular complexity index is 1070. The van der Waals surface area contributed by atoms with E-state index in [1.165, 1.54) is 22.9 Å². The molecule has 2 atom stereocenters. The van der Waals surface area contributed by atoms with Crippen molar-refractivity contribution in [1.82, 2.24) is 13.9 Å². The van der Waals surface area contributed by atoms with Crippen LogP contribution in [0.1, 0.15) is 11.5 Å². The van der Waals surface area contributed by atoms with Crippen molar-refractivity contribution in [3.63, 3.8) is 0 Å². The summed E-state index contributed by atoms with van der Waals surface area (Å²) in [4.78, 5) is 4.01. The molecule has 28 heavy (non-hydrogen) atoms. The number of anilines is 1. The van der Waals surface area contributed by atoms with Crippen molar-refractivity contribution < 1.29 is 12.8 Å². The highest BCUT2D eigenvalue weighted by molar-refractivity contribution is 7.89. The van der Waals surface area contributed by atoms with Crippen LogP contribution in [0.25, 0.3) is 0 Å². The van der Waals surface area contributed by atoms with Gasteiger partial charge in [0.05, 0.1) is 12.0 Å². The van der Waals surface area contributed by atoms with Crippen molar-refractivity contribution >= 4 is 15.7 Å².